The Labute approximate surface area is 98.0 Å². The van der Waals surface area contributed by atoms with Gasteiger partial charge in [-0.1, -0.05) is 0 Å². The third-order valence-corrected chi connectivity index (χ3v) is 1.95. The molecule has 0 rings (SSSR count). The lowest BCUT2D eigenvalue weighted by Gasteiger charge is -2.20. The van der Waals surface area contributed by atoms with Gasteiger partial charge in [0.2, 0.25) is 5.91 Å². The molecule has 0 fully saturated rings. The van der Waals surface area contributed by atoms with Crippen LogP contribution >= 0.6 is 0 Å². The van der Waals surface area contributed by atoms with Gasteiger partial charge in [-0.05, 0) is 0 Å². The van der Waals surface area contributed by atoms with Crippen molar-refractivity contribution in [2.75, 3.05) is 33.3 Å². The monoisotopic (exact) mass is 253 g/mol. The van der Waals surface area contributed by atoms with Crippen LogP contribution in [0.3, 0.4) is 0 Å². The first-order valence-corrected chi connectivity index (χ1v) is 5.12. The van der Waals surface area contributed by atoms with Gasteiger partial charge in [-0.15, -0.1) is 0 Å². The lowest BCUT2D eigenvalue weighted by Crippen LogP contribution is -2.40. The fraction of sp³-hybridized carbons (Fsp3) is 0.778. The summed E-state index contributed by atoms with van der Waals surface area (Å²) in [6.07, 6.45) is -2.61. The summed E-state index contributed by atoms with van der Waals surface area (Å²) in [5.41, 5.74) is 0. The molecule has 100 valence electrons. The van der Waals surface area contributed by atoms with Gasteiger partial charge >= 0.3 is 6.03 Å². The quantitative estimate of drug-likeness (QED) is 0.565. The molecule has 17 heavy (non-hydrogen) atoms. The van der Waals surface area contributed by atoms with Crippen LogP contribution < -0.4 is 10.6 Å². The van der Waals surface area contributed by atoms with E-state index in [4.69, 9.17) is 5.11 Å². The van der Waals surface area contributed by atoms with Crippen molar-refractivity contribution >= 4 is 11.9 Å². The number of hydrogen-bond donors (Lipinski definition) is 3. The van der Waals surface area contributed by atoms with Gasteiger partial charge in [-0.2, -0.15) is 0 Å². The van der Waals surface area contributed by atoms with Crippen molar-refractivity contribution in [3.05, 3.63) is 0 Å². The zero-order chi connectivity index (χ0) is 13.3. The van der Waals surface area contributed by atoms with Gasteiger partial charge in [0.1, 0.15) is 0 Å². The highest BCUT2D eigenvalue weighted by Gasteiger charge is 2.13. The standard InChI is InChI=1S/C9H17F2N3O3/c1-12-9(17)13-8(16)2-3-14(4-5-15)6-7(10)11/h7,15H,2-6H2,1H3,(H2,12,13,16,17). The molecule has 0 aliphatic rings. The summed E-state index contributed by atoms with van der Waals surface area (Å²) in [7, 11) is 1.36. The van der Waals surface area contributed by atoms with Crippen molar-refractivity contribution in [3.63, 3.8) is 0 Å². The van der Waals surface area contributed by atoms with Crippen LogP contribution in [0.15, 0.2) is 0 Å². The second kappa shape index (κ2) is 8.82. The number of hydrogen-bond acceptors (Lipinski definition) is 4. The van der Waals surface area contributed by atoms with E-state index in [1.807, 2.05) is 5.32 Å². The average Bonchev–Trinajstić information content (AvgIpc) is 2.25. The molecule has 0 saturated heterocycles. The first-order chi connectivity index (χ1) is 7.99. The number of alkyl halides is 2. The number of urea groups is 1. The molecular weight excluding hydrogens is 236 g/mol. The van der Waals surface area contributed by atoms with Crippen molar-refractivity contribution in [2.24, 2.45) is 0 Å². The predicted molar refractivity (Wildman–Crippen MR) is 56.7 cm³/mol. The number of rotatable bonds is 7. The van der Waals surface area contributed by atoms with E-state index in [9.17, 15) is 18.4 Å². The van der Waals surface area contributed by atoms with Crippen molar-refractivity contribution < 1.29 is 23.5 Å². The Kier molecular flexibility index (Phi) is 8.16. The van der Waals surface area contributed by atoms with Gasteiger partial charge in [0.05, 0.1) is 13.2 Å². The first kappa shape index (κ1) is 15.7. The zero-order valence-corrected chi connectivity index (χ0v) is 9.58. The molecular formula is C9H17F2N3O3. The number of amides is 3. The summed E-state index contributed by atoms with van der Waals surface area (Å²) in [4.78, 5) is 23.2. The maximum atomic E-state index is 12.1. The molecule has 0 bridgehead atoms. The van der Waals surface area contributed by atoms with Gasteiger partial charge in [0, 0.05) is 26.6 Å². The third kappa shape index (κ3) is 8.52. The molecule has 3 N–H and O–H groups in total. The molecule has 0 atom stereocenters. The lowest BCUT2D eigenvalue weighted by molar-refractivity contribution is -0.120. The second-order valence-electron chi connectivity index (χ2n) is 3.29. The third-order valence-electron chi connectivity index (χ3n) is 1.95. The maximum Gasteiger partial charge on any atom is 0.321 e. The van der Waals surface area contributed by atoms with Gasteiger partial charge in [-0.3, -0.25) is 15.0 Å². The van der Waals surface area contributed by atoms with E-state index in [1.54, 1.807) is 0 Å². The maximum absolute atomic E-state index is 12.1. The molecule has 0 aliphatic carbocycles. The summed E-state index contributed by atoms with van der Waals surface area (Å²) < 4.78 is 24.2. The molecule has 3 amide bonds. The number of halogens is 2. The molecule has 0 aromatic rings. The number of nitrogens with one attached hydrogen (secondary N) is 2. The van der Waals surface area contributed by atoms with Crippen LogP contribution in [0.1, 0.15) is 6.42 Å². The van der Waals surface area contributed by atoms with Gasteiger partial charge in [0.25, 0.3) is 6.43 Å². The molecule has 0 radical (unpaired) electrons. The highest BCUT2D eigenvalue weighted by Crippen LogP contribution is 1.99. The van der Waals surface area contributed by atoms with Crippen LogP contribution in [0.25, 0.3) is 0 Å². The fourth-order valence-corrected chi connectivity index (χ4v) is 1.14. The van der Waals surface area contributed by atoms with Crippen molar-refractivity contribution in [3.8, 4) is 0 Å². The van der Waals surface area contributed by atoms with E-state index in [-0.39, 0.29) is 26.1 Å². The van der Waals surface area contributed by atoms with E-state index in [0.29, 0.717) is 0 Å². The number of aliphatic hydroxyl groups excluding tert-OH is 1. The van der Waals surface area contributed by atoms with Crippen molar-refractivity contribution in [1.29, 1.82) is 0 Å². The Morgan fingerprint density at radius 3 is 2.47 bits per heavy atom. The van der Waals surface area contributed by atoms with Crippen LogP contribution in [0.5, 0.6) is 0 Å². The Bertz CT molecular complexity index is 252. The highest BCUT2D eigenvalue weighted by atomic mass is 19.3. The summed E-state index contributed by atoms with van der Waals surface area (Å²) in [6, 6.07) is -0.641. The van der Waals surface area contributed by atoms with E-state index >= 15 is 0 Å². The van der Waals surface area contributed by atoms with Crippen molar-refractivity contribution in [1.82, 2.24) is 15.5 Å². The van der Waals surface area contributed by atoms with Crippen LogP contribution in [-0.2, 0) is 4.79 Å². The van der Waals surface area contributed by atoms with Gasteiger partial charge in [-0.25, -0.2) is 13.6 Å². The van der Waals surface area contributed by atoms with E-state index in [1.165, 1.54) is 11.9 Å². The predicted octanol–water partition coefficient (Wildman–Crippen LogP) is -0.608. The Morgan fingerprint density at radius 1 is 1.35 bits per heavy atom. The second-order valence-corrected chi connectivity index (χ2v) is 3.29. The normalized spacial score (nSPS) is 10.7. The number of aliphatic hydroxyl groups is 1. The SMILES string of the molecule is CNC(=O)NC(=O)CCN(CCO)CC(F)F. The Morgan fingerprint density at radius 2 is 2.00 bits per heavy atom. The van der Waals surface area contributed by atoms with E-state index in [2.05, 4.69) is 5.32 Å². The minimum atomic E-state index is -2.52. The van der Waals surface area contributed by atoms with Crippen LogP contribution in [0, 0.1) is 0 Å². The number of imide groups is 1. The molecule has 8 heteroatoms. The first-order valence-electron chi connectivity index (χ1n) is 5.12. The summed E-state index contributed by atoms with van der Waals surface area (Å²) in [5.74, 6) is -0.554. The molecule has 0 aliphatic heterocycles. The fourth-order valence-electron chi connectivity index (χ4n) is 1.14. The van der Waals surface area contributed by atoms with Gasteiger partial charge < -0.3 is 10.4 Å². The number of carbonyl (C=O) groups is 2. The number of nitrogens with zero attached hydrogens (tertiary/aromatic N) is 1. The largest absolute Gasteiger partial charge is 0.395 e. The molecule has 0 unspecified atom stereocenters. The minimum Gasteiger partial charge on any atom is -0.395 e. The molecule has 6 nitrogen and oxygen atoms in total. The molecule has 0 heterocycles. The van der Waals surface area contributed by atoms with Crippen LogP contribution in [0.4, 0.5) is 13.6 Å². The van der Waals surface area contributed by atoms with Crippen molar-refractivity contribution in [2.45, 2.75) is 12.8 Å². The van der Waals surface area contributed by atoms with E-state index < -0.39 is 24.9 Å². The van der Waals surface area contributed by atoms with Crippen LogP contribution in [0.2, 0.25) is 0 Å². The topological polar surface area (TPSA) is 81.7 Å². The lowest BCUT2D eigenvalue weighted by atomic mass is 10.3. The molecule has 0 aromatic carbocycles. The Balaban J connectivity index is 3.94. The summed E-state index contributed by atoms with van der Waals surface area (Å²) >= 11 is 0. The van der Waals surface area contributed by atoms with Gasteiger partial charge in [0.15, 0.2) is 0 Å². The Hall–Kier alpha value is -1.28. The number of carbonyl (C=O) groups excluding carboxylic acids is 2. The highest BCUT2D eigenvalue weighted by molar-refractivity contribution is 5.94. The molecule has 0 aromatic heterocycles. The zero-order valence-electron chi connectivity index (χ0n) is 9.58. The summed E-state index contributed by atoms with van der Waals surface area (Å²) in [6.45, 7) is -0.636. The van der Waals surface area contributed by atoms with E-state index in [0.717, 1.165) is 0 Å². The molecule has 0 spiro atoms. The minimum absolute atomic E-state index is 0.0632. The smallest absolute Gasteiger partial charge is 0.321 e. The van der Waals surface area contributed by atoms with Crippen LogP contribution in [-0.4, -0.2) is 61.7 Å². The molecule has 0 saturated carbocycles. The summed E-state index contributed by atoms with van der Waals surface area (Å²) in [5, 5.41) is 12.9. The average molecular weight is 253 g/mol.